The second-order valence-corrected chi connectivity index (χ2v) is 5.12. The van der Waals surface area contributed by atoms with Gasteiger partial charge in [-0.3, -0.25) is 4.90 Å². The van der Waals surface area contributed by atoms with Crippen LogP contribution in [0, 0.1) is 5.82 Å². The van der Waals surface area contributed by atoms with Gasteiger partial charge in [0.1, 0.15) is 5.82 Å². The molecule has 0 radical (unpaired) electrons. The number of likely N-dealkylation sites (tertiary alicyclic amines) is 1. The quantitative estimate of drug-likeness (QED) is 0.702. The standard InChI is InChI=1S/C14H18FN/c1-10-13(16-7-2-3-8-16)9-11-5-4-6-12(15)14(10)11/h4-6,10,13H,2-3,7-9H2,1H3/t10-,13+/m0/s1. The van der Waals surface area contributed by atoms with Gasteiger partial charge in [-0.05, 0) is 49.5 Å². The van der Waals surface area contributed by atoms with Crippen molar-refractivity contribution in [1.29, 1.82) is 0 Å². The summed E-state index contributed by atoms with van der Waals surface area (Å²) in [6, 6.07) is 6.06. The van der Waals surface area contributed by atoms with Crippen molar-refractivity contribution in [2.75, 3.05) is 13.1 Å². The molecule has 0 aromatic heterocycles. The Morgan fingerprint density at radius 1 is 1.25 bits per heavy atom. The van der Waals surface area contributed by atoms with Gasteiger partial charge in [0, 0.05) is 12.0 Å². The molecule has 1 saturated heterocycles. The first-order valence-electron chi connectivity index (χ1n) is 6.28. The van der Waals surface area contributed by atoms with Crippen LogP contribution in [0.4, 0.5) is 4.39 Å². The summed E-state index contributed by atoms with van der Waals surface area (Å²) < 4.78 is 13.8. The van der Waals surface area contributed by atoms with Crippen LogP contribution >= 0.6 is 0 Å². The van der Waals surface area contributed by atoms with E-state index in [1.165, 1.54) is 31.5 Å². The van der Waals surface area contributed by atoms with Gasteiger partial charge in [0.25, 0.3) is 0 Å². The Bertz CT molecular complexity index is 396. The minimum Gasteiger partial charge on any atom is -0.299 e. The molecular formula is C14H18FN. The Balaban J connectivity index is 1.91. The van der Waals surface area contributed by atoms with Crippen LogP contribution in [0.2, 0.25) is 0 Å². The molecule has 0 unspecified atom stereocenters. The zero-order valence-corrected chi connectivity index (χ0v) is 9.75. The summed E-state index contributed by atoms with van der Waals surface area (Å²) >= 11 is 0. The van der Waals surface area contributed by atoms with Crippen molar-refractivity contribution in [2.24, 2.45) is 0 Å². The van der Waals surface area contributed by atoms with Crippen LogP contribution in [0.5, 0.6) is 0 Å². The van der Waals surface area contributed by atoms with Crippen LogP contribution < -0.4 is 0 Å². The summed E-state index contributed by atoms with van der Waals surface area (Å²) in [7, 11) is 0. The van der Waals surface area contributed by atoms with Crippen LogP contribution in [-0.4, -0.2) is 24.0 Å². The average molecular weight is 219 g/mol. The summed E-state index contributed by atoms with van der Waals surface area (Å²) in [6.45, 7) is 4.58. The van der Waals surface area contributed by atoms with E-state index in [2.05, 4.69) is 17.9 Å². The van der Waals surface area contributed by atoms with E-state index in [0.29, 0.717) is 12.0 Å². The molecule has 1 aromatic carbocycles. The van der Waals surface area contributed by atoms with Crippen molar-refractivity contribution >= 4 is 0 Å². The minimum atomic E-state index is -0.00769. The summed E-state index contributed by atoms with van der Waals surface area (Å²) in [5.74, 6) is 0.348. The maximum Gasteiger partial charge on any atom is 0.127 e. The van der Waals surface area contributed by atoms with E-state index in [1.54, 1.807) is 6.07 Å². The highest BCUT2D eigenvalue weighted by molar-refractivity contribution is 5.38. The monoisotopic (exact) mass is 219 g/mol. The molecule has 0 amide bonds. The van der Waals surface area contributed by atoms with Gasteiger partial charge in [-0.25, -0.2) is 4.39 Å². The van der Waals surface area contributed by atoms with Crippen molar-refractivity contribution < 1.29 is 4.39 Å². The van der Waals surface area contributed by atoms with Gasteiger partial charge in [-0.1, -0.05) is 19.1 Å². The summed E-state index contributed by atoms with van der Waals surface area (Å²) in [6.07, 6.45) is 3.65. The summed E-state index contributed by atoms with van der Waals surface area (Å²) in [4.78, 5) is 2.55. The summed E-state index contributed by atoms with van der Waals surface area (Å²) in [5.41, 5.74) is 2.20. The Hall–Kier alpha value is -0.890. The normalized spacial score (nSPS) is 29.6. The number of rotatable bonds is 1. The zero-order valence-electron chi connectivity index (χ0n) is 9.75. The van der Waals surface area contributed by atoms with E-state index in [9.17, 15) is 4.39 Å². The fraction of sp³-hybridized carbons (Fsp3) is 0.571. The van der Waals surface area contributed by atoms with Crippen LogP contribution in [0.3, 0.4) is 0 Å². The number of fused-ring (bicyclic) bond motifs is 1. The van der Waals surface area contributed by atoms with Crippen molar-refractivity contribution in [3.63, 3.8) is 0 Å². The van der Waals surface area contributed by atoms with Crippen LogP contribution in [0.15, 0.2) is 18.2 Å². The maximum atomic E-state index is 13.8. The predicted molar refractivity (Wildman–Crippen MR) is 63.1 cm³/mol. The number of hydrogen-bond acceptors (Lipinski definition) is 1. The van der Waals surface area contributed by atoms with Crippen LogP contribution in [-0.2, 0) is 6.42 Å². The van der Waals surface area contributed by atoms with Gasteiger partial charge >= 0.3 is 0 Å². The molecule has 0 spiro atoms. The highest BCUT2D eigenvalue weighted by Crippen LogP contribution is 2.38. The SMILES string of the molecule is C[C@@H]1c2c(F)cccc2C[C@H]1N1CCCC1. The molecule has 1 aliphatic heterocycles. The Labute approximate surface area is 96.3 Å². The van der Waals surface area contributed by atoms with Gasteiger partial charge < -0.3 is 0 Å². The fourth-order valence-electron chi connectivity index (χ4n) is 3.38. The third kappa shape index (κ3) is 1.47. The third-order valence-electron chi connectivity index (χ3n) is 4.21. The van der Waals surface area contributed by atoms with Crippen LogP contribution in [0.25, 0.3) is 0 Å². The highest BCUT2D eigenvalue weighted by Gasteiger charge is 2.35. The van der Waals surface area contributed by atoms with Gasteiger partial charge in [0.15, 0.2) is 0 Å². The first kappa shape index (κ1) is 10.3. The molecule has 2 aliphatic rings. The lowest BCUT2D eigenvalue weighted by Gasteiger charge is -2.27. The van der Waals surface area contributed by atoms with E-state index in [0.717, 1.165) is 12.0 Å². The lowest BCUT2D eigenvalue weighted by Crippen LogP contribution is -2.35. The van der Waals surface area contributed by atoms with Crippen molar-refractivity contribution in [3.05, 3.63) is 35.1 Å². The maximum absolute atomic E-state index is 13.8. The molecule has 0 bridgehead atoms. The second-order valence-electron chi connectivity index (χ2n) is 5.12. The minimum absolute atomic E-state index is 0.00769. The van der Waals surface area contributed by atoms with Gasteiger partial charge in [-0.2, -0.15) is 0 Å². The van der Waals surface area contributed by atoms with E-state index in [1.807, 2.05) is 6.07 Å². The van der Waals surface area contributed by atoms with Crippen molar-refractivity contribution in [3.8, 4) is 0 Å². The predicted octanol–water partition coefficient (Wildman–Crippen LogP) is 2.95. The Kier molecular flexibility index (Phi) is 2.47. The average Bonchev–Trinajstić information content (AvgIpc) is 2.86. The Morgan fingerprint density at radius 2 is 2.00 bits per heavy atom. The van der Waals surface area contributed by atoms with E-state index in [4.69, 9.17) is 0 Å². The van der Waals surface area contributed by atoms with Crippen molar-refractivity contribution in [2.45, 2.75) is 38.1 Å². The molecule has 1 aromatic rings. The fourth-order valence-corrected chi connectivity index (χ4v) is 3.38. The largest absolute Gasteiger partial charge is 0.299 e. The van der Waals surface area contributed by atoms with Gasteiger partial charge in [0.05, 0.1) is 0 Å². The molecule has 3 rings (SSSR count). The number of halogens is 1. The number of benzene rings is 1. The molecule has 1 heterocycles. The number of hydrogen-bond donors (Lipinski definition) is 0. The summed E-state index contributed by atoms with van der Waals surface area (Å²) in [5, 5.41) is 0. The molecule has 1 aliphatic carbocycles. The molecule has 86 valence electrons. The first-order valence-corrected chi connectivity index (χ1v) is 6.28. The highest BCUT2D eigenvalue weighted by atomic mass is 19.1. The molecule has 1 fully saturated rings. The molecule has 2 atom stereocenters. The first-order chi connectivity index (χ1) is 7.77. The second kappa shape index (κ2) is 3.85. The Morgan fingerprint density at radius 3 is 2.69 bits per heavy atom. The molecule has 0 N–H and O–H groups in total. The molecule has 0 saturated carbocycles. The molecule has 16 heavy (non-hydrogen) atoms. The molecule has 1 nitrogen and oxygen atoms in total. The molecular weight excluding hydrogens is 201 g/mol. The zero-order chi connectivity index (χ0) is 11.1. The lowest BCUT2D eigenvalue weighted by molar-refractivity contribution is 0.226. The van der Waals surface area contributed by atoms with E-state index < -0.39 is 0 Å². The van der Waals surface area contributed by atoms with E-state index >= 15 is 0 Å². The number of nitrogens with zero attached hydrogens (tertiary/aromatic N) is 1. The lowest BCUT2D eigenvalue weighted by atomic mass is 9.99. The topological polar surface area (TPSA) is 3.24 Å². The van der Waals surface area contributed by atoms with Crippen molar-refractivity contribution in [1.82, 2.24) is 4.90 Å². The van der Waals surface area contributed by atoms with Gasteiger partial charge in [0.2, 0.25) is 0 Å². The third-order valence-corrected chi connectivity index (χ3v) is 4.21. The van der Waals surface area contributed by atoms with E-state index in [-0.39, 0.29) is 5.82 Å². The molecule has 2 heteroatoms. The van der Waals surface area contributed by atoms with Crippen LogP contribution in [0.1, 0.15) is 36.8 Å². The smallest absolute Gasteiger partial charge is 0.127 e. The van der Waals surface area contributed by atoms with Gasteiger partial charge in [-0.15, -0.1) is 0 Å².